The van der Waals surface area contributed by atoms with Crippen LogP contribution in [0.2, 0.25) is 0 Å². The van der Waals surface area contributed by atoms with Gasteiger partial charge < -0.3 is 0 Å². The van der Waals surface area contributed by atoms with Gasteiger partial charge in [-0.15, -0.1) is 0 Å². The Morgan fingerprint density at radius 2 is 1.73 bits per heavy atom. The van der Waals surface area contributed by atoms with E-state index in [1.807, 2.05) is 20.8 Å². The van der Waals surface area contributed by atoms with Crippen molar-refractivity contribution in [2.24, 2.45) is 5.41 Å². The van der Waals surface area contributed by atoms with Gasteiger partial charge in [0.05, 0.1) is 0 Å². The number of hydrogen-bond donors (Lipinski definition) is 0. The quantitative estimate of drug-likeness (QED) is 0.390. The molecule has 0 aliphatic heterocycles. The van der Waals surface area contributed by atoms with Crippen LogP contribution in [0.15, 0.2) is 24.3 Å². The molecule has 1 rings (SSSR count). The summed E-state index contributed by atoms with van der Waals surface area (Å²) in [6, 6.07) is 5.39. The number of ketones is 1. The molecule has 0 spiro atoms. The first-order valence-corrected chi connectivity index (χ1v) is 4.71. The highest BCUT2D eigenvalue weighted by Gasteiger charge is 2.06. The van der Waals surface area contributed by atoms with E-state index >= 15 is 0 Å². The van der Waals surface area contributed by atoms with Crippen LogP contribution in [0.1, 0.15) is 31.1 Å². The van der Waals surface area contributed by atoms with Gasteiger partial charge in [-0.25, -0.2) is 4.39 Å². The van der Waals surface area contributed by atoms with Crippen molar-refractivity contribution in [3.63, 3.8) is 0 Å². The van der Waals surface area contributed by atoms with Crippen molar-refractivity contribution < 1.29 is 9.18 Å². The molecule has 0 aromatic heterocycles. The summed E-state index contributed by atoms with van der Waals surface area (Å²) in [7, 11) is 0. The summed E-state index contributed by atoms with van der Waals surface area (Å²) in [6.07, 6.45) is 0. The van der Waals surface area contributed by atoms with Gasteiger partial charge in [0.15, 0.2) is 0 Å². The number of carbonyl (C=O) groups excluding carboxylic acids is 1. The van der Waals surface area contributed by atoms with Crippen LogP contribution in [0.4, 0.5) is 4.39 Å². The van der Waals surface area contributed by atoms with Gasteiger partial charge in [0.2, 0.25) is 5.78 Å². The summed E-state index contributed by atoms with van der Waals surface area (Å²) >= 11 is 0. The second-order valence-electron chi connectivity index (χ2n) is 4.34. The first-order valence-electron chi connectivity index (χ1n) is 4.71. The lowest BCUT2D eigenvalue weighted by atomic mass is 9.97. The van der Waals surface area contributed by atoms with Crippen LogP contribution in [0.5, 0.6) is 0 Å². The van der Waals surface area contributed by atoms with Crippen LogP contribution in [-0.4, -0.2) is 5.78 Å². The minimum Gasteiger partial charge on any atom is -0.279 e. The maximum Gasteiger partial charge on any atom is 0.235 e. The third-order valence-electron chi connectivity index (χ3n) is 1.66. The van der Waals surface area contributed by atoms with Crippen LogP contribution < -0.4 is 0 Å². The van der Waals surface area contributed by atoms with Gasteiger partial charge in [-0.05, 0) is 51.0 Å². The largest absolute Gasteiger partial charge is 0.279 e. The first-order chi connectivity index (χ1) is 6.88. The molecule has 1 nitrogen and oxygen atoms in total. The average molecular weight is 204 g/mol. The molecular formula is C13H13FO. The zero-order valence-corrected chi connectivity index (χ0v) is 9.10. The Hall–Kier alpha value is -1.62. The van der Waals surface area contributed by atoms with E-state index in [4.69, 9.17) is 0 Å². The standard InChI is InChI=1S/C13H13FO/c1-13(2,3)9-8-12(15)10-4-6-11(14)7-5-10/h4-7H,1-3H3. The molecule has 1 aromatic carbocycles. The van der Waals surface area contributed by atoms with E-state index in [9.17, 15) is 9.18 Å². The van der Waals surface area contributed by atoms with Crippen LogP contribution in [0.3, 0.4) is 0 Å². The summed E-state index contributed by atoms with van der Waals surface area (Å²) in [5.41, 5.74) is 0.225. The highest BCUT2D eigenvalue weighted by molar-refractivity contribution is 6.09. The van der Waals surface area contributed by atoms with Crippen molar-refractivity contribution in [1.82, 2.24) is 0 Å². The van der Waals surface area contributed by atoms with Crippen molar-refractivity contribution in [3.05, 3.63) is 35.6 Å². The molecule has 0 unspecified atom stereocenters. The van der Waals surface area contributed by atoms with Crippen molar-refractivity contribution in [2.75, 3.05) is 0 Å². The van der Waals surface area contributed by atoms with Gasteiger partial charge in [0, 0.05) is 11.0 Å². The SMILES string of the molecule is CC(C)(C)C#CC(=O)c1ccc(F)cc1. The Morgan fingerprint density at radius 3 is 2.20 bits per heavy atom. The lowest BCUT2D eigenvalue weighted by molar-refractivity contribution is 0.105. The molecule has 0 atom stereocenters. The molecule has 0 saturated heterocycles. The molecule has 78 valence electrons. The highest BCUT2D eigenvalue weighted by Crippen LogP contribution is 2.10. The molecule has 0 saturated carbocycles. The maximum atomic E-state index is 12.6. The topological polar surface area (TPSA) is 17.1 Å². The first kappa shape index (κ1) is 11.5. The number of benzene rings is 1. The van der Waals surface area contributed by atoms with Gasteiger partial charge in [0.1, 0.15) is 5.82 Å². The van der Waals surface area contributed by atoms with Crippen molar-refractivity contribution >= 4 is 5.78 Å². The summed E-state index contributed by atoms with van der Waals surface area (Å²) in [4.78, 5) is 11.5. The van der Waals surface area contributed by atoms with Crippen LogP contribution in [0.25, 0.3) is 0 Å². The Labute approximate surface area is 89.3 Å². The van der Waals surface area contributed by atoms with Crippen LogP contribution >= 0.6 is 0 Å². The minimum atomic E-state index is -0.352. The molecule has 15 heavy (non-hydrogen) atoms. The fourth-order valence-electron chi connectivity index (χ4n) is 0.918. The molecule has 2 heteroatoms. The van der Waals surface area contributed by atoms with Gasteiger partial charge in [-0.1, -0.05) is 5.92 Å². The Balaban J connectivity index is 2.86. The number of Topliss-reactive ketones (excluding diaryl/α,β-unsaturated/α-hetero) is 1. The Kier molecular flexibility index (Phi) is 3.26. The predicted octanol–water partition coefficient (Wildman–Crippen LogP) is 3.06. The molecule has 0 heterocycles. The Bertz CT molecular complexity index is 413. The minimum absolute atomic E-state index is 0.199. The van der Waals surface area contributed by atoms with Gasteiger partial charge in [-0.3, -0.25) is 4.79 Å². The lowest BCUT2D eigenvalue weighted by Crippen LogP contribution is -2.02. The van der Waals surface area contributed by atoms with E-state index in [2.05, 4.69) is 11.8 Å². The van der Waals surface area contributed by atoms with Crippen molar-refractivity contribution in [3.8, 4) is 11.8 Å². The third-order valence-corrected chi connectivity index (χ3v) is 1.66. The molecule has 0 radical (unpaired) electrons. The summed E-state index contributed by atoms with van der Waals surface area (Å²) in [5.74, 6) is 4.76. The highest BCUT2D eigenvalue weighted by atomic mass is 19.1. The van der Waals surface area contributed by atoms with E-state index in [0.29, 0.717) is 5.56 Å². The van der Waals surface area contributed by atoms with Gasteiger partial charge in [-0.2, -0.15) is 0 Å². The molecule has 0 N–H and O–H groups in total. The fraction of sp³-hybridized carbons (Fsp3) is 0.308. The summed E-state index contributed by atoms with van der Waals surface area (Å²) in [5, 5.41) is 0. The maximum absolute atomic E-state index is 12.6. The zero-order chi connectivity index (χ0) is 11.5. The van der Waals surface area contributed by atoms with E-state index in [1.54, 1.807) is 0 Å². The monoisotopic (exact) mass is 204 g/mol. The van der Waals surface area contributed by atoms with E-state index < -0.39 is 0 Å². The zero-order valence-electron chi connectivity index (χ0n) is 9.10. The predicted molar refractivity (Wildman–Crippen MR) is 58.0 cm³/mol. The fourth-order valence-corrected chi connectivity index (χ4v) is 0.918. The lowest BCUT2D eigenvalue weighted by Gasteiger charge is -2.06. The van der Waals surface area contributed by atoms with E-state index in [1.165, 1.54) is 24.3 Å². The van der Waals surface area contributed by atoms with E-state index in [-0.39, 0.29) is 17.0 Å². The smallest absolute Gasteiger partial charge is 0.235 e. The molecule has 1 aromatic rings. The van der Waals surface area contributed by atoms with Crippen molar-refractivity contribution in [1.29, 1.82) is 0 Å². The van der Waals surface area contributed by atoms with Crippen LogP contribution in [-0.2, 0) is 0 Å². The molecule has 0 aliphatic carbocycles. The number of halogens is 1. The average Bonchev–Trinajstić information content (AvgIpc) is 2.14. The molecule has 0 bridgehead atoms. The normalized spacial score (nSPS) is 10.4. The van der Waals surface area contributed by atoms with Gasteiger partial charge in [0.25, 0.3) is 0 Å². The molecule has 0 amide bonds. The summed E-state index contributed by atoms with van der Waals surface area (Å²) < 4.78 is 12.6. The number of rotatable bonds is 1. The molecular weight excluding hydrogens is 191 g/mol. The van der Waals surface area contributed by atoms with Crippen molar-refractivity contribution in [2.45, 2.75) is 20.8 Å². The summed E-state index contributed by atoms with van der Waals surface area (Å²) in [6.45, 7) is 5.79. The Morgan fingerprint density at radius 1 is 1.20 bits per heavy atom. The van der Waals surface area contributed by atoms with E-state index in [0.717, 1.165) is 0 Å². The molecule has 0 fully saturated rings. The van der Waals surface area contributed by atoms with Gasteiger partial charge >= 0.3 is 0 Å². The second-order valence-corrected chi connectivity index (χ2v) is 4.34. The van der Waals surface area contributed by atoms with Crippen LogP contribution in [0, 0.1) is 23.1 Å². The third kappa shape index (κ3) is 3.95. The number of carbonyl (C=O) groups is 1. The molecule has 0 aliphatic rings. The second kappa shape index (κ2) is 4.27. The number of hydrogen-bond acceptors (Lipinski definition) is 1.